The molecule has 124 valence electrons. The molecule has 0 amide bonds. The number of ether oxygens (including phenoxy) is 1. The number of rotatable bonds is 5. The van der Waals surface area contributed by atoms with E-state index in [0.717, 1.165) is 5.56 Å². The highest BCUT2D eigenvalue weighted by Crippen LogP contribution is 2.20. The summed E-state index contributed by atoms with van der Waals surface area (Å²) < 4.78 is 15.3. The van der Waals surface area contributed by atoms with Gasteiger partial charge < -0.3 is 13.8 Å². The number of benzene rings is 1. The van der Waals surface area contributed by atoms with Gasteiger partial charge in [-0.3, -0.25) is 0 Å². The third-order valence-corrected chi connectivity index (χ3v) is 3.62. The average molecular weight is 348 g/mol. The maximum atomic E-state index is 12.2. The van der Waals surface area contributed by atoms with E-state index in [1.54, 1.807) is 31.2 Å². The van der Waals surface area contributed by atoms with E-state index in [9.17, 15) is 4.79 Å². The molecule has 0 radical (unpaired) electrons. The van der Waals surface area contributed by atoms with E-state index in [1.807, 2.05) is 6.92 Å². The summed E-state index contributed by atoms with van der Waals surface area (Å²) in [5.74, 6) is 0.481. The third-order valence-electron chi connectivity index (χ3n) is 3.37. The monoisotopic (exact) mass is 347 g/mol. The molecule has 3 rings (SSSR count). The van der Waals surface area contributed by atoms with Crippen molar-refractivity contribution in [2.45, 2.75) is 26.9 Å². The van der Waals surface area contributed by atoms with Crippen LogP contribution in [0.1, 0.15) is 34.6 Å². The first kappa shape index (κ1) is 16.2. The van der Waals surface area contributed by atoms with Gasteiger partial charge in [0.15, 0.2) is 6.61 Å². The molecule has 3 aromatic rings. The molecule has 0 aliphatic rings. The van der Waals surface area contributed by atoms with Gasteiger partial charge >= 0.3 is 5.97 Å². The van der Waals surface area contributed by atoms with Crippen molar-refractivity contribution >= 4 is 17.6 Å². The zero-order valence-electron chi connectivity index (χ0n) is 13.1. The molecule has 8 heteroatoms. The smallest absolute Gasteiger partial charge is 0.344 e. The summed E-state index contributed by atoms with van der Waals surface area (Å²) in [5.41, 5.74) is 1.66. The Bertz CT molecular complexity index is 855. The number of esters is 1. The summed E-state index contributed by atoms with van der Waals surface area (Å²) in [5, 5.41) is 8.30. The van der Waals surface area contributed by atoms with Crippen LogP contribution in [0.5, 0.6) is 0 Å². The zero-order chi connectivity index (χ0) is 17.1. The van der Waals surface area contributed by atoms with Crippen LogP contribution in [0, 0.1) is 6.92 Å². The van der Waals surface area contributed by atoms with Crippen molar-refractivity contribution in [1.82, 2.24) is 15.3 Å². The molecule has 2 aromatic heterocycles. The summed E-state index contributed by atoms with van der Waals surface area (Å²) in [4.78, 5) is 16.4. The molecule has 0 unspecified atom stereocenters. The van der Waals surface area contributed by atoms with Crippen LogP contribution >= 0.6 is 11.6 Å². The third kappa shape index (κ3) is 3.30. The number of aromatic nitrogens is 3. The number of nitrogens with zero attached hydrogens (tertiary/aromatic N) is 3. The Morgan fingerprint density at radius 1 is 1.21 bits per heavy atom. The van der Waals surface area contributed by atoms with Crippen LogP contribution in [0.4, 0.5) is 0 Å². The molecule has 24 heavy (non-hydrogen) atoms. The fourth-order valence-corrected chi connectivity index (χ4v) is 2.28. The highest BCUT2D eigenvalue weighted by Gasteiger charge is 2.21. The molecule has 0 saturated carbocycles. The number of hydrogen-bond acceptors (Lipinski definition) is 7. The van der Waals surface area contributed by atoms with E-state index in [-0.39, 0.29) is 12.5 Å². The Morgan fingerprint density at radius 3 is 2.67 bits per heavy atom. The second-order valence-corrected chi connectivity index (χ2v) is 5.45. The van der Waals surface area contributed by atoms with Crippen LogP contribution in [0.15, 0.2) is 33.3 Å². The van der Waals surface area contributed by atoms with Gasteiger partial charge in [0.1, 0.15) is 11.3 Å². The fraction of sp³-hybridized carbons (Fsp3) is 0.250. The minimum atomic E-state index is -0.531. The minimum absolute atomic E-state index is 0.132. The first-order valence-electron chi connectivity index (χ1n) is 7.29. The van der Waals surface area contributed by atoms with E-state index in [0.29, 0.717) is 34.3 Å². The molecule has 0 bridgehead atoms. The van der Waals surface area contributed by atoms with Crippen molar-refractivity contribution in [3.63, 3.8) is 0 Å². The van der Waals surface area contributed by atoms with E-state index in [1.165, 1.54) is 0 Å². The first-order valence-corrected chi connectivity index (χ1v) is 7.67. The van der Waals surface area contributed by atoms with Gasteiger partial charge in [0.2, 0.25) is 5.82 Å². The number of carbonyl (C=O) groups excluding carboxylic acids is 1. The number of halogens is 1. The van der Waals surface area contributed by atoms with Crippen LogP contribution < -0.4 is 0 Å². The van der Waals surface area contributed by atoms with Crippen molar-refractivity contribution in [3.05, 3.63) is 52.2 Å². The Morgan fingerprint density at radius 2 is 1.96 bits per heavy atom. The second kappa shape index (κ2) is 6.84. The maximum absolute atomic E-state index is 12.2. The van der Waals surface area contributed by atoms with E-state index in [2.05, 4.69) is 15.3 Å². The Hall–Kier alpha value is -2.67. The fourth-order valence-electron chi connectivity index (χ4n) is 2.15. The van der Waals surface area contributed by atoms with Crippen molar-refractivity contribution in [1.29, 1.82) is 0 Å². The number of aryl methyl sites for hydroxylation is 2. The number of carbonyl (C=O) groups is 1. The molecule has 0 fully saturated rings. The molecule has 0 atom stereocenters. The highest BCUT2D eigenvalue weighted by atomic mass is 35.5. The SMILES string of the molecule is CCc1noc(C)c1C(=O)OCc1nc(-c2ccc(Cl)cc2)no1. The largest absolute Gasteiger partial charge is 0.452 e. The lowest BCUT2D eigenvalue weighted by Crippen LogP contribution is -2.08. The van der Waals surface area contributed by atoms with E-state index in [4.69, 9.17) is 25.4 Å². The van der Waals surface area contributed by atoms with Gasteiger partial charge in [-0.25, -0.2) is 4.79 Å². The lowest BCUT2D eigenvalue weighted by atomic mass is 10.1. The highest BCUT2D eigenvalue weighted by molar-refractivity contribution is 6.30. The maximum Gasteiger partial charge on any atom is 0.344 e. The minimum Gasteiger partial charge on any atom is -0.452 e. The lowest BCUT2D eigenvalue weighted by Gasteiger charge is -2.01. The summed E-state index contributed by atoms with van der Waals surface area (Å²) in [7, 11) is 0. The molecule has 0 saturated heterocycles. The van der Waals surface area contributed by atoms with Crippen molar-refractivity contribution in [3.8, 4) is 11.4 Å². The molecule has 0 N–H and O–H groups in total. The average Bonchev–Trinajstić information content (AvgIpc) is 3.20. The van der Waals surface area contributed by atoms with E-state index >= 15 is 0 Å². The summed E-state index contributed by atoms with van der Waals surface area (Å²) in [6, 6.07) is 7.01. The second-order valence-electron chi connectivity index (χ2n) is 5.01. The van der Waals surface area contributed by atoms with Crippen molar-refractivity contribution in [2.75, 3.05) is 0 Å². The van der Waals surface area contributed by atoms with Gasteiger partial charge in [0.25, 0.3) is 5.89 Å². The summed E-state index contributed by atoms with van der Waals surface area (Å²) in [6.45, 7) is 3.41. The van der Waals surface area contributed by atoms with E-state index < -0.39 is 5.97 Å². The molecule has 1 aromatic carbocycles. The van der Waals surface area contributed by atoms with Gasteiger partial charge in [0, 0.05) is 10.6 Å². The van der Waals surface area contributed by atoms with Gasteiger partial charge in [0.05, 0.1) is 5.69 Å². The first-order chi connectivity index (χ1) is 11.6. The Balaban J connectivity index is 1.68. The molecule has 2 heterocycles. The van der Waals surface area contributed by atoms with Crippen LogP contribution in [0.25, 0.3) is 11.4 Å². The predicted octanol–water partition coefficient (Wildman–Crippen LogP) is 3.61. The van der Waals surface area contributed by atoms with Gasteiger partial charge in [-0.2, -0.15) is 4.98 Å². The molecule has 0 aliphatic carbocycles. The van der Waals surface area contributed by atoms with Gasteiger partial charge in [-0.1, -0.05) is 28.8 Å². The predicted molar refractivity (Wildman–Crippen MR) is 84.5 cm³/mol. The summed E-state index contributed by atoms with van der Waals surface area (Å²) >= 11 is 5.84. The molecular formula is C16H14ClN3O4. The topological polar surface area (TPSA) is 91.2 Å². The normalized spacial score (nSPS) is 10.8. The number of hydrogen-bond donors (Lipinski definition) is 0. The molecule has 0 aliphatic heterocycles. The van der Waals surface area contributed by atoms with Crippen molar-refractivity contribution < 1.29 is 18.6 Å². The zero-order valence-corrected chi connectivity index (χ0v) is 13.8. The molecular weight excluding hydrogens is 334 g/mol. The lowest BCUT2D eigenvalue weighted by molar-refractivity contribution is 0.0426. The molecule has 0 spiro atoms. The standard InChI is InChI=1S/C16H14ClN3O4/c1-3-12-14(9(2)23-19-12)16(21)22-8-13-18-15(20-24-13)10-4-6-11(17)7-5-10/h4-7H,3,8H2,1-2H3. The summed E-state index contributed by atoms with van der Waals surface area (Å²) in [6.07, 6.45) is 0.572. The van der Waals surface area contributed by atoms with Gasteiger partial charge in [-0.05, 0) is 37.6 Å². The van der Waals surface area contributed by atoms with Crippen LogP contribution in [-0.2, 0) is 17.8 Å². The van der Waals surface area contributed by atoms with Gasteiger partial charge in [-0.15, -0.1) is 0 Å². The Kier molecular flexibility index (Phi) is 4.61. The Labute approximate surface area is 142 Å². The molecule has 7 nitrogen and oxygen atoms in total. The van der Waals surface area contributed by atoms with Crippen LogP contribution in [-0.4, -0.2) is 21.3 Å². The van der Waals surface area contributed by atoms with Crippen LogP contribution in [0.2, 0.25) is 5.02 Å². The van der Waals surface area contributed by atoms with Crippen molar-refractivity contribution in [2.24, 2.45) is 0 Å². The quantitative estimate of drug-likeness (QED) is 0.651. The van der Waals surface area contributed by atoms with Crippen LogP contribution in [0.3, 0.4) is 0 Å².